The first kappa shape index (κ1) is 24.4. The van der Waals surface area contributed by atoms with Crippen molar-refractivity contribution in [2.45, 2.75) is 45.2 Å². The molecule has 4 nitrogen and oxygen atoms in total. The van der Waals surface area contributed by atoms with Crippen LogP contribution in [0.25, 0.3) is 10.8 Å². The van der Waals surface area contributed by atoms with Crippen molar-refractivity contribution in [1.82, 2.24) is 0 Å². The number of benzene rings is 3. The molecule has 0 N–H and O–H groups in total. The lowest BCUT2D eigenvalue weighted by molar-refractivity contribution is -0.230. The molecular weight excluding hydrogens is 452 g/mol. The third kappa shape index (κ3) is 5.87. The van der Waals surface area contributed by atoms with Crippen LogP contribution < -0.4 is 4.74 Å². The van der Waals surface area contributed by atoms with Gasteiger partial charge in [-0.15, -0.1) is 0 Å². The second-order valence-electron chi connectivity index (χ2n) is 8.15. The number of aryl methyl sites for hydroxylation is 2. The zero-order valence-electron chi connectivity index (χ0n) is 18.7. The summed E-state index contributed by atoms with van der Waals surface area (Å²) in [6.45, 7) is 0.476. The van der Waals surface area contributed by atoms with E-state index in [4.69, 9.17) is 14.2 Å². The number of halogens is 4. The highest BCUT2D eigenvalue weighted by molar-refractivity contribution is 5.84. The molecular formula is C26H26F4O4. The van der Waals surface area contributed by atoms with Crippen molar-refractivity contribution in [2.75, 3.05) is 19.8 Å². The highest BCUT2D eigenvalue weighted by Crippen LogP contribution is 2.30. The monoisotopic (exact) mass is 478 g/mol. The fourth-order valence-corrected chi connectivity index (χ4v) is 3.92. The van der Waals surface area contributed by atoms with Gasteiger partial charge in [0.1, 0.15) is 11.9 Å². The Labute approximate surface area is 195 Å². The van der Waals surface area contributed by atoms with E-state index in [1.807, 2.05) is 19.1 Å². The summed E-state index contributed by atoms with van der Waals surface area (Å²) in [6.07, 6.45) is 0.986. The molecule has 0 spiro atoms. The largest absolute Gasteiger partial charge is 0.432 e. The van der Waals surface area contributed by atoms with E-state index in [9.17, 15) is 13.2 Å². The number of hydrogen-bond donors (Lipinski definition) is 0. The van der Waals surface area contributed by atoms with E-state index in [1.54, 1.807) is 18.2 Å². The minimum absolute atomic E-state index is 0.0850. The van der Waals surface area contributed by atoms with Crippen LogP contribution in [0.5, 0.6) is 5.75 Å². The lowest BCUT2D eigenvalue weighted by Crippen LogP contribution is -2.33. The summed E-state index contributed by atoms with van der Waals surface area (Å²) < 4.78 is 75.0. The molecule has 1 saturated heterocycles. The predicted molar refractivity (Wildman–Crippen MR) is 119 cm³/mol. The molecule has 0 aliphatic carbocycles. The minimum atomic E-state index is -3.10. The van der Waals surface area contributed by atoms with Gasteiger partial charge < -0.3 is 18.9 Å². The quantitative estimate of drug-likeness (QED) is 0.336. The van der Waals surface area contributed by atoms with Crippen LogP contribution >= 0.6 is 0 Å². The summed E-state index contributed by atoms with van der Waals surface area (Å²) in [7, 11) is 0. The van der Waals surface area contributed by atoms with Crippen LogP contribution in [0, 0.1) is 11.6 Å². The molecule has 182 valence electrons. The molecule has 1 heterocycles. The smallest absolute Gasteiger partial charge is 0.387 e. The molecule has 1 aliphatic heterocycles. The average molecular weight is 478 g/mol. The summed E-state index contributed by atoms with van der Waals surface area (Å²) in [5, 5.41) is 1.18. The fraction of sp³-hybridized carbons (Fsp3) is 0.385. The van der Waals surface area contributed by atoms with E-state index >= 15 is 4.39 Å². The Balaban J connectivity index is 1.42. The number of alkyl halides is 2. The van der Waals surface area contributed by atoms with Gasteiger partial charge in [-0.1, -0.05) is 37.3 Å². The molecule has 8 heteroatoms. The topological polar surface area (TPSA) is 36.9 Å². The van der Waals surface area contributed by atoms with Crippen molar-refractivity contribution >= 4 is 10.8 Å². The molecule has 1 aliphatic rings. The van der Waals surface area contributed by atoms with E-state index in [0.29, 0.717) is 49.2 Å². The Morgan fingerprint density at radius 1 is 0.971 bits per heavy atom. The van der Waals surface area contributed by atoms with Gasteiger partial charge in [-0.05, 0) is 54.0 Å². The molecule has 0 unspecified atom stereocenters. The number of hydrogen-bond acceptors (Lipinski definition) is 4. The summed E-state index contributed by atoms with van der Waals surface area (Å²) >= 11 is 0. The average Bonchev–Trinajstić information content (AvgIpc) is 2.84. The number of ether oxygens (including phenoxy) is 4. The van der Waals surface area contributed by atoms with Crippen molar-refractivity contribution in [1.29, 1.82) is 0 Å². The Morgan fingerprint density at radius 3 is 2.47 bits per heavy atom. The van der Waals surface area contributed by atoms with E-state index < -0.39 is 24.5 Å². The van der Waals surface area contributed by atoms with Crippen LogP contribution in [0.1, 0.15) is 36.3 Å². The van der Waals surface area contributed by atoms with Gasteiger partial charge in [0.2, 0.25) is 0 Å². The van der Waals surface area contributed by atoms with Gasteiger partial charge in [-0.25, -0.2) is 8.78 Å². The first-order chi connectivity index (χ1) is 16.4. The first-order valence-electron chi connectivity index (χ1n) is 11.2. The van der Waals surface area contributed by atoms with Gasteiger partial charge in [0, 0.05) is 17.6 Å². The molecule has 1 fully saturated rings. The molecule has 4 rings (SSSR count). The maximum Gasteiger partial charge on any atom is 0.387 e. The second-order valence-corrected chi connectivity index (χ2v) is 8.15. The van der Waals surface area contributed by atoms with Crippen molar-refractivity contribution in [3.05, 3.63) is 76.9 Å². The normalized spacial score (nSPS) is 18.5. The van der Waals surface area contributed by atoms with Crippen molar-refractivity contribution in [3.63, 3.8) is 0 Å². The Bertz CT molecular complexity index is 1110. The van der Waals surface area contributed by atoms with E-state index in [2.05, 4.69) is 4.74 Å². The van der Waals surface area contributed by atoms with Crippen LogP contribution in [0.15, 0.2) is 48.5 Å². The summed E-state index contributed by atoms with van der Waals surface area (Å²) in [4.78, 5) is 0. The first-order valence-corrected chi connectivity index (χ1v) is 11.2. The van der Waals surface area contributed by atoms with Crippen molar-refractivity contribution in [2.24, 2.45) is 0 Å². The summed E-state index contributed by atoms with van der Waals surface area (Å²) in [6, 6.07) is 12.6. The molecule has 0 radical (unpaired) electrons. The Kier molecular flexibility index (Phi) is 8.03. The highest BCUT2D eigenvalue weighted by Gasteiger charge is 2.24. The predicted octanol–water partition coefficient (Wildman–Crippen LogP) is 6.35. The SMILES string of the molecule is CCCOC1COC(c2ccc3c(F)c(CCc4ccc(OC(F)F)c(F)c4)ccc3c2)OC1. The zero-order valence-corrected chi connectivity index (χ0v) is 18.7. The van der Waals surface area contributed by atoms with Gasteiger partial charge in [0.25, 0.3) is 0 Å². The maximum atomic E-state index is 15.1. The van der Waals surface area contributed by atoms with Crippen LogP contribution in [0.3, 0.4) is 0 Å². The minimum Gasteiger partial charge on any atom is -0.432 e. The molecule has 0 amide bonds. The molecule has 0 aromatic heterocycles. The van der Waals surface area contributed by atoms with Crippen LogP contribution in [0.2, 0.25) is 0 Å². The molecule has 3 aromatic carbocycles. The van der Waals surface area contributed by atoms with Gasteiger partial charge in [0.05, 0.1) is 13.2 Å². The summed E-state index contributed by atoms with van der Waals surface area (Å²) in [5.41, 5.74) is 1.84. The zero-order chi connectivity index (χ0) is 24.1. The van der Waals surface area contributed by atoms with E-state index in [-0.39, 0.29) is 11.9 Å². The van der Waals surface area contributed by atoms with Crippen molar-refractivity contribution < 1.29 is 36.5 Å². The maximum absolute atomic E-state index is 15.1. The third-order valence-electron chi connectivity index (χ3n) is 5.65. The fourth-order valence-electron chi connectivity index (χ4n) is 3.92. The number of rotatable bonds is 9. The lowest BCUT2D eigenvalue weighted by Gasteiger charge is -2.29. The van der Waals surface area contributed by atoms with Gasteiger partial charge in [-0.2, -0.15) is 8.78 Å². The Morgan fingerprint density at radius 2 is 1.76 bits per heavy atom. The number of fused-ring (bicyclic) bond motifs is 1. The molecule has 0 atom stereocenters. The highest BCUT2D eigenvalue weighted by atomic mass is 19.3. The molecule has 0 saturated carbocycles. The van der Waals surface area contributed by atoms with Crippen molar-refractivity contribution in [3.8, 4) is 5.75 Å². The lowest BCUT2D eigenvalue weighted by atomic mass is 9.99. The molecule has 3 aromatic rings. The van der Waals surface area contributed by atoms with E-state index in [1.165, 1.54) is 6.07 Å². The van der Waals surface area contributed by atoms with Gasteiger partial charge >= 0.3 is 6.61 Å². The second kappa shape index (κ2) is 11.2. The summed E-state index contributed by atoms with van der Waals surface area (Å²) in [5.74, 6) is -1.73. The van der Waals surface area contributed by atoms with Gasteiger partial charge in [-0.3, -0.25) is 0 Å². The van der Waals surface area contributed by atoms with Gasteiger partial charge in [0.15, 0.2) is 17.9 Å². The molecule has 0 bridgehead atoms. The van der Waals surface area contributed by atoms with Crippen LogP contribution in [-0.2, 0) is 27.1 Å². The third-order valence-corrected chi connectivity index (χ3v) is 5.65. The standard InChI is InChI=1S/C26H26F4O4/c1-2-11-31-20-14-32-25(33-15-20)19-8-9-21-18(13-19)7-6-17(24(21)28)5-3-16-4-10-23(22(27)12-16)34-26(29)30/h4,6-10,12-13,20,25-26H,2-3,5,11,14-15H2,1H3. The molecule has 34 heavy (non-hydrogen) atoms. The van der Waals surface area contributed by atoms with E-state index in [0.717, 1.165) is 29.5 Å². The van der Waals surface area contributed by atoms with Crippen LogP contribution in [0.4, 0.5) is 17.6 Å². The Hall–Kier alpha value is -2.68. The van der Waals surface area contributed by atoms with Crippen LogP contribution in [-0.4, -0.2) is 32.5 Å².